The predicted octanol–water partition coefficient (Wildman–Crippen LogP) is 3.84. The van der Waals surface area contributed by atoms with E-state index in [0.717, 1.165) is 24.3 Å². The number of anilines is 1. The summed E-state index contributed by atoms with van der Waals surface area (Å²) < 4.78 is 5.21. The lowest BCUT2D eigenvalue weighted by Crippen LogP contribution is -2.23. The zero-order valence-electron chi connectivity index (χ0n) is 13.6. The van der Waals surface area contributed by atoms with Gasteiger partial charge in [-0.3, -0.25) is 4.99 Å². The lowest BCUT2D eigenvalue weighted by Gasteiger charge is -2.07. The second kappa shape index (κ2) is 10.1. The van der Waals surface area contributed by atoms with Crippen LogP contribution in [0.5, 0.6) is 5.75 Å². The van der Waals surface area contributed by atoms with E-state index in [1.807, 2.05) is 30.3 Å². The first kappa shape index (κ1) is 19.3. The summed E-state index contributed by atoms with van der Waals surface area (Å²) >= 11 is 0. The summed E-state index contributed by atoms with van der Waals surface area (Å²) in [5.41, 5.74) is 9.36. The second-order valence-electron chi connectivity index (χ2n) is 5.04. The zero-order chi connectivity index (χ0) is 15.8. The van der Waals surface area contributed by atoms with Crippen LogP contribution in [0.2, 0.25) is 0 Å². The number of nitrogens with one attached hydrogen (secondary N) is 1. The predicted molar refractivity (Wildman–Crippen MR) is 108 cm³/mol. The summed E-state index contributed by atoms with van der Waals surface area (Å²) in [6, 6.07) is 16.2. The minimum absolute atomic E-state index is 0. The van der Waals surface area contributed by atoms with Crippen LogP contribution in [0.1, 0.15) is 18.1 Å². The molecule has 0 aliphatic rings. The van der Waals surface area contributed by atoms with E-state index < -0.39 is 0 Å². The molecule has 23 heavy (non-hydrogen) atoms. The van der Waals surface area contributed by atoms with Crippen molar-refractivity contribution in [3.8, 4) is 5.75 Å². The van der Waals surface area contributed by atoms with Crippen LogP contribution in [0.4, 0.5) is 5.69 Å². The molecule has 4 nitrogen and oxygen atoms in total. The van der Waals surface area contributed by atoms with Gasteiger partial charge >= 0.3 is 0 Å². The molecule has 0 aliphatic heterocycles. The van der Waals surface area contributed by atoms with Gasteiger partial charge in [-0.2, -0.15) is 0 Å². The third-order valence-electron chi connectivity index (χ3n) is 3.45. The van der Waals surface area contributed by atoms with Gasteiger partial charge in [0.1, 0.15) is 5.75 Å². The van der Waals surface area contributed by atoms with Crippen LogP contribution in [-0.2, 0) is 12.8 Å². The lowest BCUT2D eigenvalue weighted by atomic mass is 10.1. The van der Waals surface area contributed by atoms with Gasteiger partial charge in [-0.1, -0.05) is 31.2 Å². The van der Waals surface area contributed by atoms with Gasteiger partial charge in [0.2, 0.25) is 0 Å². The molecule has 3 N–H and O–H groups in total. The first-order valence-electron chi connectivity index (χ1n) is 7.50. The summed E-state index contributed by atoms with van der Waals surface area (Å²) in [6.45, 7) is 2.77. The van der Waals surface area contributed by atoms with Gasteiger partial charge in [-0.05, 0) is 48.2 Å². The first-order chi connectivity index (χ1) is 10.7. The number of halogens is 1. The largest absolute Gasteiger partial charge is 0.497 e. The number of ether oxygens (including phenoxy) is 1. The molecule has 0 spiro atoms. The van der Waals surface area contributed by atoms with E-state index in [0.29, 0.717) is 12.5 Å². The molecule has 5 heteroatoms. The number of nitrogens with two attached hydrogens (primary N) is 1. The molecular weight excluding hydrogens is 401 g/mol. The summed E-state index contributed by atoms with van der Waals surface area (Å²) in [5.74, 6) is 1.30. The molecule has 0 heterocycles. The Morgan fingerprint density at radius 2 is 1.87 bits per heavy atom. The Hall–Kier alpha value is -1.76. The average Bonchev–Trinajstić information content (AvgIpc) is 2.56. The summed E-state index contributed by atoms with van der Waals surface area (Å²) in [5, 5.41) is 3.11. The maximum absolute atomic E-state index is 5.91. The van der Waals surface area contributed by atoms with Crippen molar-refractivity contribution in [2.45, 2.75) is 19.8 Å². The smallest absolute Gasteiger partial charge is 0.193 e. The fraction of sp³-hybridized carbons (Fsp3) is 0.278. The Morgan fingerprint density at radius 3 is 2.52 bits per heavy atom. The van der Waals surface area contributed by atoms with Crippen molar-refractivity contribution >= 4 is 35.6 Å². The molecule has 0 saturated carbocycles. The van der Waals surface area contributed by atoms with Gasteiger partial charge in [0, 0.05) is 12.2 Å². The zero-order valence-corrected chi connectivity index (χ0v) is 15.9. The van der Waals surface area contributed by atoms with Crippen molar-refractivity contribution in [1.82, 2.24) is 0 Å². The maximum atomic E-state index is 5.91. The van der Waals surface area contributed by atoms with Crippen LogP contribution in [-0.4, -0.2) is 19.6 Å². The van der Waals surface area contributed by atoms with Crippen LogP contribution in [0.25, 0.3) is 0 Å². The fourth-order valence-electron chi connectivity index (χ4n) is 2.14. The average molecular weight is 425 g/mol. The Morgan fingerprint density at radius 1 is 1.13 bits per heavy atom. The number of hydrogen-bond donors (Lipinski definition) is 2. The van der Waals surface area contributed by atoms with Crippen molar-refractivity contribution in [1.29, 1.82) is 0 Å². The molecule has 0 aliphatic carbocycles. The highest BCUT2D eigenvalue weighted by molar-refractivity contribution is 14.0. The number of benzene rings is 2. The van der Waals surface area contributed by atoms with E-state index >= 15 is 0 Å². The summed E-state index contributed by atoms with van der Waals surface area (Å²) in [6.07, 6.45) is 1.86. The van der Waals surface area contributed by atoms with E-state index in [2.05, 4.69) is 35.4 Å². The van der Waals surface area contributed by atoms with Gasteiger partial charge in [-0.15, -0.1) is 24.0 Å². The minimum Gasteiger partial charge on any atom is -0.497 e. The van der Waals surface area contributed by atoms with E-state index in [4.69, 9.17) is 10.5 Å². The molecule has 2 rings (SSSR count). The van der Waals surface area contributed by atoms with Crippen LogP contribution in [0.15, 0.2) is 53.5 Å². The Bertz CT molecular complexity index is 626. The van der Waals surface area contributed by atoms with Gasteiger partial charge < -0.3 is 15.8 Å². The number of aliphatic imine (C=N–C) groups is 1. The monoisotopic (exact) mass is 425 g/mol. The molecule has 124 valence electrons. The van der Waals surface area contributed by atoms with E-state index in [1.54, 1.807) is 7.11 Å². The molecule has 0 bridgehead atoms. The van der Waals surface area contributed by atoms with E-state index in [9.17, 15) is 0 Å². The number of rotatable bonds is 6. The molecule has 0 amide bonds. The molecule has 0 radical (unpaired) electrons. The van der Waals surface area contributed by atoms with Crippen LogP contribution < -0.4 is 15.8 Å². The number of hydrogen-bond acceptors (Lipinski definition) is 2. The maximum Gasteiger partial charge on any atom is 0.193 e. The number of nitrogens with zero attached hydrogens (tertiary/aromatic N) is 1. The Balaban J connectivity index is 0.00000264. The fourth-order valence-corrected chi connectivity index (χ4v) is 2.14. The summed E-state index contributed by atoms with van der Waals surface area (Å²) in [7, 11) is 1.67. The van der Waals surface area contributed by atoms with Crippen molar-refractivity contribution in [2.75, 3.05) is 19.0 Å². The molecule has 0 aromatic heterocycles. The third-order valence-corrected chi connectivity index (χ3v) is 3.45. The van der Waals surface area contributed by atoms with Crippen molar-refractivity contribution in [3.63, 3.8) is 0 Å². The van der Waals surface area contributed by atoms with Gasteiger partial charge in [0.15, 0.2) is 5.96 Å². The molecule has 0 saturated heterocycles. The lowest BCUT2D eigenvalue weighted by molar-refractivity contribution is 0.414. The second-order valence-corrected chi connectivity index (χ2v) is 5.04. The Kier molecular flexibility index (Phi) is 8.47. The highest BCUT2D eigenvalue weighted by Gasteiger charge is 1.98. The standard InChI is InChI=1S/C18H23N3O.HI/c1-3-14-7-9-16(10-8-14)21-18(19)20-12-11-15-5-4-6-17(13-15)22-2;/h4-10,13H,3,11-12H2,1-2H3,(H3,19,20,21);1H. The number of aryl methyl sites for hydroxylation is 1. The molecule has 0 atom stereocenters. The molecule has 2 aromatic rings. The first-order valence-corrected chi connectivity index (χ1v) is 7.50. The number of methoxy groups -OCH3 is 1. The highest BCUT2D eigenvalue weighted by atomic mass is 127. The van der Waals surface area contributed by atoms with E-state index in [1.165, 1.54) is 11.1 Å². The topological polar surface area (TPSA) is 59.6 Å². The minimum atomic E-state index is 0. The van der Waals surface area contributed by atoms with Gasteiger partial charge in [0.25, 0.3) is 0 Å². The normalized spacial score (nSPS) is 10.8. The quantitative estimate of drug-likeness (QED) is 0.420. The molecule has 2 aromatic carbocycles. The van der Waals surface area contributed by atoms with Gasteiger partial charge in [0.05, 0.1) is 7.11 Å². The molecule has 0 fully saturated rings. The van der Waals surface area contributed by atoms with Crippen molar-refractivity contribution < 1.29 is 4.74 Å². The molecule has 0 unspecified atom stereocenters. The Labute approximate surface area is 155 Å². The van der Waals surface area contributed by atoms with Crippen LogP contribution in [0, 0.1) is 0 Å². The van der Waals surface area contributed by atoms with Crippen molar-refractivity contribution in [3.05, 3.63) is 59.7 Å². The number of guanidine groups is 1. The van der Waals surface area contributed by atoms with Crippen LogP contribution >= 0.6 is 24.0 Å². The van der Waals surface area contributed by atoms with Gasteiger partial charge in [-0.25, -0.2) is 0 Å². The molecular formula is C18H24IN3O. The van der Waals surface area contributed by atoms with E-state index in [-0.39, 0.29) is 24.0 Å². The third kappa shape index (κ3) is 6.48. The SMILES string of the molecule is CCc1ccc(NC(N)=NCCc2cccc(OC)c2)cc1.I. The highest BCUT2D eigenvalue weighted by Crippen LogP contribution is 2.13. The summed E-state index contributed by atoms with van der Waals surface area (Å²) in [4.78, 5) is 4.36. The van der Waals surface area contributed by atoms with Crippen molar-refractivity contribution in [2.24, 2.45) is 10.7 Å². The van der Waals surface area contributed by atoms with Crippen LogP contribution in [0.3, 0.4) is 0 Å².